The van der Waals surface area contributed by atoms with Crippen LogP contribution >= 0.6 is 11.3 Å². The van der Waals surface area contributed by atoms with Crippen molar-refractivity contribution in [2.24, 2.45) is 5.92 Å². The number of fused-ring (bicyclic) bond motifs is 1. The van der Waals surface area contributed by atoms with Gasteiger partial charge in [0.15, 0.2) is 0 Å². The van der Waals surface area contributed by atoms with Gasteiger partial charge in [-0.05, 0) is 35.6 Å². The fourth-order valence-electron chi connectivity index (χ4n) is 3.09. The third-order valence-corrected chi connectivity index (χ3v) is 5.13. The molecule has 1 aromatic carbocycles. The van der Waals surface area contributed by atoms with Gasteiger partial charge < -0.3 is 14.5 Å². The number of anilines is 1. The molecule has 27 heavy (non-hydrogen) atoms. The lowest BCUT2D eigenvalue weighted by atomic mass is 10.2. The van der Waals surface area contributed by atoms with Gasteiger partial charge >= 0.3 is 0 Å². The van der Waals surface area contributed by atoms with Gasteiger partial charge in [-0.2, -0.15) is 0 Å². The molecule has 0 aliphatic rings. The van der Waals surface area contributed by atoms with Gasteiger partial charge in [-0.1, -0.05) is 19.9 Å². The molecule has 0 aliphatic carbocycles. The smallest absolute Gasteiger partial charge is 0.265 e. The molecule has 3 aromatic heterocycles. The number of imidazole rings is 2. The van der Waals surface area contributed by atoms with Crippen LogP contribution in [0.3, 0.4) is 0 Å². The molecule has 4 rings (SSSR count). The molecule has 7 heteroatoms. The molecule has 6 nitrogen and oxygen atoms in total. The van der Waals surface area contributed by atoms with Crippen LogP contribution in [0, 0.1) is 5.92 Å². The van der Waals surface area contributed by atoms with Gasteiger partial charge in [-0.25, -0.2) is 9.97 Å². The van der Waals surface area contributed by atoms with Crippen molar-refractivity contribution in [3.8, 4) is 0 Å². The predicted molar refractivity (Wildman–Crippen MR) is 108 cm³/mol. The van der Waals surface area contributed by atoms with Crippen LogP contribution in [-0.2, 0) is 13.1 Å². The molecule has 4 aromatic rings. The van der Waals surface area contributed by atoms with Crippen LogP contribution in [0.1, 0.15) is 29.3 Å². The molecule has 138 valence electrons. The molecule has 0 saturated carbocycles. The highest BCUT2D eigenvalue weighted by atomic mass is 32.1. The summed E-state index contributed by atoms with van der Waals surface area (Å²) in [6.07, 6.45) is 5.51. The summed E-state index contributed by atoms with van der Waals surface area (Å²) in [4.78, 5) is 21.9. The van der Waals surface area contributed by atoms with Gasteiger partial charge in [0.05, 0.1) is 28.8 Å². The van der Waals surface area contributed by atoms with E-state index in [-0.39, 0.29) is 5.91 Å². The normalized spacial score (nSPS) is 11.4. The largest absolute Gasteiger partial charge is 0.330 e. The van der Waals surface area contributed by atoms with E-state index in [4.69, 9.17) is 4.98 Å². The topological polar surface area (TPSA) is 64.7 Å². The average Bonchev–Trinajstić information content (AvgIpc) is 3.37. The Balaban J connectivity index is 1.67. The first-order valence-corrected chi connectivity index (χ1v) is 9.78. The van der Waals surface area contributed by atoms with Crippen LogP contribution in [0.25, 0.3) is 11.0 Å². The van der Waals surface area contributed by atoms with E-state index in [1.807, 2.05) is 46.5 Å². The first-order valence-electron chi connectivity index (χ1n) is 8.90. The van der Waals surface area contributed by atoms with Gasteiger partial charge in [0, 0.05) is 24.6 Å². The van der Waals surface area contributed by atoms with Crippen molar-refractivity contribution in [3.05, 3.63) is 65.1 Å². The summed E-state index contributed by atoms with van der Waals surface area (Å²) in [5.74, 6) is 1.39. The zero-order chi connectivity index (χ0) is 18.8. The van der Waals surface area contributed by atoms with Crippen LogP contribution < -0.4 is 5.32 Å². The Morgan fingerprint density at radius 1 is 1.30 bits per heavy atom. The number of aromatic nitrogens is 4. The SMILES string of the molecule is CC(C)Cn1c(Cn2ccnc2)nc2cc(NC(=O)c3cccs3)ccc21. The van der Waals surface area contributed by atoms with E-state index in [1.54, 1.807) is 12.5 Å². The molecular weight excluding hydrogens is 358 g/mol. The zero-order valence-corrected chi connectivity index (χ0v) is 16.1. The molecule has 0 atom stereocenters. The first-order chi connectivity index (χ1) is 13.1. The highest BCUT2D eigenvalue weighted by Crippen LogP contribution is 2.23. The van der Waals surface area contributed by atoms with E-state index in [2.05, 4.69) is 28.7 Å². The van der Waals surface area contributed by atoms with Crippen molar-refractivity contribution < 1.29 is 4.79 Å². The van der Waals surface area contributed by atoms with Crippen LogP contribution in [0.4, 0.5) is 5.69 Å². The fourth-order valence-corrected chi connectivity index (χ4v) is 3.71. The highest BCUT2D eigenvalue weighted by Gasteiger charge is 2.14. The van der Waals surface area contributed by atoms with Gasteiger partial charge in [-0.15, -0.1) is 11.3 Å². The van der Waals surface area contributed by atoms with Crippen molar-refractivity contribution in [2.45, 2.75) is 26.9 Å². The maximum absolute atomic E-state index is 12.3. The van der Waals surface area contributed by atoms with Crippen molar-refractivity contribution >= 4 is 34.0 Å². The van der Waals surface area contributed by atoms with Gasteiger partial charge in [0.25, 0.3) is 5.91 Å². The van der Waals surface area contributed by atoms with Gasteiger partial charge in [0.1, 0.15) is 5.82 Å². The van der Waals surface area contributed by atoms with E-state index in [1.165, 1.54) is 11.3 Å². The maximum Gasteiger partial charge on any atom is 0.265 e. The van der Waals surface area contributed by atoms with Crippen molar-refractivity contribution in [2.75, 3.05) is 5.32 Å². The Morgan fingerprint density at radius 2 is 2.19 bits per heavy atom. The number of hydrogen-bond donors (Lipinski definition) is 1. The standard InChI is InChI=1S/C20H21N5OS/c1-14(2)11-25-17-6-5-15(22-20(26)18-4-3-9-27-18)10-16(17)23-19(25)12-24-8-7-21-13-24/h3-10,13-14H,11-12H2,1-2H3,(H,22,26). The minimum atomic E-state index is -0.0930. The minimum absolute atomic E-state index is 0.0930. The molecule has 0 unspecified atom stereocenters. The first kappa shape index (κ1) is 17.5. The van der Waals surface area contributed by atoms with Crippen LogP contribution in [0.2, 0.25) is 0 Å². The molecule has 0 radical (unpaired) electrons. The Kier molecular flexibility index (Phi) is 4.77. The number of nitrogens with zero attached hydrogens (tertiary/aromatic N) is 4. The number of rotatable bonds is 6. The molecule has 3 heterocycles. The zero-order valence-electron chi connectivity index (χ0n) is 15.3. The average molecular weight is 379 g/mol. The number of thiophene rings is 1. The van der Waals surface area contributed by atoms with Gasteiger partial charge in [0.2, 0.25) is 0 Å². The fraction of sp³-hybridized carbons (Fsp3) is 0.250. The Labute approximate surface area is 161 Å². The number of hydrogen-bond acceptors (Lipinski definition) is 4. The van der Waals surface area contributed by atoms with E-state index in [0.29, 0.717) is 17.3 Å². The summed E-state index contributed by atoms with van der Waals surface area (Å²) in [6.45, 7) is 5.95. The quantitative estimate of drug-likeness (QED) is 0.545. The lowest BCUT2D eigenvalue weighted by molar-refractivity contribution is 0.103. The minimum Gasteiger partial charge on any atom is -0.330 e. The van der Waals surface area contributed by atoms with E-state index in [9.17, 15) is 4.79 Å². The molecular formula is C20H21N5OS. The third-order valence-electron chi connectivity index (χ3n) is 4.26. The molecule has 0 fully saturated rings. The van der Waals surface area contributed by atoms with Gasteiger partial charge in [-0.3, -0.25) is 4.79 Å². The van der Waals surface area contributed by atoms with Crippen LogP contribution in [0.15, 0.2) is 54.4 Å². The summed E-state index contributed by atoms with van der Waals surface area (Å²) < 4.78 is 4.27. The molecule has 0 spiro atoms. The second-order valence-corrected chi connectivity index (χ2v) is 7.85. The Morgan fingerprint density at radius 3 is 2.89 bits per heavy atom. The van der Waals surface area contributed by atoms with Crippen molar-refractivity contribution in [1.82, 2.24) is 19.1 Å². The second kappa shape index (κ2) is 7.36. The summed E-state index contributed by atoms with van der Waals surface area (Å²) in [6, 6.07) is 9.60. The number of carbonyl (C=O) groups is 1. The lowest BCUT2D eigenvalue weighted by Crippen LogP contribution is -2.11. The predicted octanol–water partition coefficient (Wildman–Crippen LogP) is 4.25. The summed E-state index contributed by atoms with van der Waals surface area (Å²) in [5, 5.41) is 4.86. The van der Waals surface area contributed by atoms with Crippen molar-refractivity contribution in [3.63, 3.8) is 0 Å². The molecule has 0 aliphatic heterocycles. The van der Waals surface area contributed by atoms with E-state index < -0.39 is 0 Å². The van der Waals surface area contributed by atoms with Crippen LogP contribution in [-0.4, -0.2) is 25.0 Å². The molecule has 1 N–H and O–H groups in total. The molecule has 0 saturated heterocycles. The van der Waals surface area contributed by atoms with E-state index >= 15 is 0 Å². The molecule has 0 bridgehead atoms. The summed E-state index contributed by atoms with van der Waals surface area (Å²) >= 11 is 1.43. The third kappa shape index (κ3) is 3.78. The number of amides is 1. The monoisotopic (exact) mass is 379 g/mol. The highest BCUT2D eigenvalue weighted by molar-refractivity contribution is 7.12. The van der Waals surface area contributed by atoms with E-state index in [0.717, 1.165) is 29.1 Å². The summed E-state index contributed by atoms with van der Waals surface area (Å²) in [7, 11) is 0. The number of benzene rings is 1. The maximum atomic E-state index is 12.3. The number of nitrogens with one attached hydrogen (secondary N) is 1. The Hall–Kier alpha value is -2.93. The Bertz CT molecular complexity index is 1050. The second-order valence-electron chi connectivity index (χ2n) is 6.90. The lowest BCUT2D eigenvalue weighted by Gasteiger charge is -2.12. The molecule has 1 amide bonds. The summed E-state index contributed by atoms with van der Waals surface area (Å²) in [5.41, 5.74) is 2.71. The van der Waals surface area contributed by atoms with Crippen molar-refractivity contribution in [1.29, 1.82) is 0 Å². The number of carbonyl (C=O) groups excluding carboxylic acids is 1. The van der Waals surface area contributed by atoms with Crippen LogP contribution in [0.5, 0.6) is 0 Å².